The van der Waals surface area contributed by atoms with Gasteiger partial charge in [-0.3, -0.25) is 4.79 Å². The number of carbonyl (C=O) groups is 2. The fourth-order valence-corrected chi connectivity index (χ4v) is 3.00. The molecule has 0 bridgehead atoms. The first-order valence-electron chi connectivity index (χ1n) is 9.47. The van der Waals surface area contributed by atoms with Crippen molar-refractivity contribution in [1.82, 2.24) is 5.32 Å². The lowest BCUT2D eigenvalue weighted by Gasteiger charge is -2.26. The molecule has 150 valence electrons. The first-order chi connectivity index (χ1) is 12.7. The molecule has 1 unspecified atom stereocenters. The molecule has 1 heterocycles. The van der Waals surface area contributed by atoms with Crippen molar-refractivity contribution in [3.63, 3.8) is 0 Å². The summed E-state index contributed by atoms with van der Waals surface area (Å²) < 4.78 is 16.7. The Hall–Kier alpha value is -2.08. The quantitative estimate of drug-likeness (QED) is 0.734. The number of esters is 1. The van der Waals surface area contributed by atoms with E-state index in [1.165, 1.54) is 0 Å². The number of benzene rings is 1. The molecule has 1 amide bonds. The number of cyclic esters (lactones) is 1. The Morgan fingerprint density at radius 1 is 1.26 bits per heavy atom. The summed E-state index contributed by atoms with van der Waals surface area (Å²) in [5.41, 5.74) is 0.434. The average molecular weight is 377 g/mol. The van der Waals surface area contributed by atoms with E-state index in [0.717, 1.165) is 5.56 Å². The zero-order chi connectivity index (χ0) is 20.0. The lowest BCUT2D eigenvalue weighted by atomic mass is 9.91. The van der Waals surface area contributed by atoms with Crippen molar-refractivity contribution >= 4 is 12.1 Å². The maximum atomic E-state index is 12.2. The van der Waals surface area contributed by atoms with Crippen molar-refractivity contribution in [1.29, 1.82) is 0 Å². The van der Waals surface area contributed by atoms with Crippen LogP contribution in [0.4, 0.5) is 4.79 Å². The van der Waals surface area contributed by atoms with Gasteiger partial charge >= 0.3 is 12.1 Å². The van der Waals surface area contributed by atoms with Crippen molar-refractivity contribution in [3.8, 4) is 0 Å². The zero-order valence-electron chi connectivity index (χ0n) is 16.9. The third kappa shape index (κ3) is 6.86. The third-order valence-electron chi connectivity index (χ3n) is 4.42. The number of hydrogen-bond acceptors (Lipinski definition) is 5. The van der Waals surface area contributed by atoms with Crippen LogP contribution in [0.15, 0.2) is 30.3 Å². The van der Waals surface area contributed by atoms with Crippen LogP contribution in [0.3, 0.4) is 0 Å². The molecule has 1 aliphatic heterocycles. The SMILES string of the molecule is CC(C)[C@@H]1C[C@@H](C(COCc2ccccc2)NC(=O)OC(C)(C)C)OC1=O. The second kappa shape index (κ2) is 9.22. The Balaban J connectivity index is 1.99. The summed E-state index contributed by atoms with van der Waals surface area (Å²) in [5.74, 6) is -0.184. The zero-order valence-corrected chi connectivity index (χ0v) is 16.9. The predicted molar refractivity (Wildman–Crippen MR) is 102 cm³/mol. The minimum absolute atomic E-state index is 0.160. The summed E-state index contributed by atoms with van der Waals surface area (Å²) in [6, 6.07) is 9.32. The number of amides is 1. The number of rotatable bonds is 7. The van der Waals surface area contributed by atoms with E-state index in [9.17, 15) is 9.59 Å². The fraction of sp³-hybridized carbons (Fsp3) is 0.619. The van der Waals surface area contributed by atoms with Gasteiger partial charge < -0.3 is 19.5 Å². The standard InChI is InChI=1S/C21H31NO5/c1-14(2)16-11-18(26-19(16)23)17(22-20(24)27-21(3,4)5)13-25-12-15-9-7-6-8-10-15/h6-10,14,16-18H,11-13H2,1-5H3,(H,22,24)/t16-,17?,18-/m0/s1. The highest BCUT2D eigenvalue weighted by molar-refractivity contribution is 5.75. The van der Waals surface area contributed by atoms with E-state index in [2.05, 4.69) is 5.32 Å². The van der Waals surface area contributed by atoms with Crippen molar-refractivity contribution in [2.75, 3.05) is 6.61 Å². The molecule has 1 aromatic carbocycles. The van der Waals surface area contributed by atoms with Crippen LogP contribution in [-0.2, 0) is 25.6 Å². The largest absolute Gasteiger partial charge is 0.460 e. The summed E-state index contributed by atoms with van der Waals surface area (Å²) in [7, 11) is 0. The molecule has 0 spiro atoms. The molecular formula is C21H31NO5. The van der Waals surface area contributed by atoms with E-state index in [1.807, 2.05) is 44.2 Å². The van der Waals surface area contributed by atoms with Crippen LogP contribution in [-0.4, -0.2) is 36.4 Å². The minimum atomic E-state index is -0.605. The number of hydrogen-bond donors (Lipinski definition) is 1. The molecule has 1 aromatic rings. The maximum Gasteiger partial charge on any atom is 0.408 e. The lowest BCUT2D eigenvalue weighted by molar-refractivity contribution is -0.146. The van der Waals surface area contributed by atoms with Gasteiger partial charge in [0.25, 0.3) is 0 Å². The van der Waals surface area contributed by atoms with E-state index in [0.29, 0.717) is 13.0 Å². The molecule has 1 aliphatic rings. The molecular weight excluding hydrogens is 346 g/mol. The molecule has 0 saturated carbocycles. The van der Waals surface area contributed by atoms with Crippen LogP contribution in [0.2, 0.25) is 0 Å². The Bertz CT molecular complexity index is 623. The number of ether oxygens (including phenoxy) is 3. The maximum absolute atomic E-state index is 12.2. The summed E-state index contributed by atoms with van der Waals surface area (Å²) in [6.45, 7) is 10.1. The predicted octanol–water partition coefficient (Wildman–Crippen LogP) is 3.68. The van der Waals surface area contributed by atoms with E-state index in [4.69, 9.17) is 14.2 Å². The summed E-state index contributed by atoms with van der Waals surface area (Å²) >= 11 is 0. The Labute approximate surface area is 161 Å². The fourth-order valence-electron chi connectivity index (χ4n) is 3.00. The summed E-state index contributed by atoms with van der Waals surface area (Å²) in [5, 5.41) is 2.82. The third-order valence-corrected chi connectivity index (χ3v) is 4.42. The van der Waals surface area contributed by atoms with Crippen molar-refractivity contribution in [3.05, 3.63) is 35.9 Å². The van der Waals surface area contributed by atoms with Gasteiger partial charge in [0.1, 0.15) is 11.7 Å². The van der Waals surface area contributed by atoms with Gasteiger partial charge in [0.05, 0.1) is 25.2 Å². The van der Waals surface area contributed by atoms with Crippen LogP contribution in [0.5, 0.6) is 0 Å². The van der Waals surface area contributed by atoms with Crippen LogP contribution in [0.25, 0.3) is 0 Å². The number of alkyl carbamates (subject to hydrolysis) is 1. The highest BCUT2D eigenvalue weighted by Crippen LogP contribution is 2.29. The van der Waals surface area contributed by atoms with Gasteiger partial charge in [0.2, 0.25) is 0 Å². The molecule has 0 radical (unpaired) electrons. The first-order valence-corrected chi connectivity index (χ1v) is 9.47. The normalized spacial score (nSPS) is 21.0. The molecule has 1 saturated heterocycles. The van der Waals surface area contributed by atoms with Gasteiger partial charge in [-0.2, -0.15) is 0 Å². The Kier molecular flexibility index (Phi) is 7.25. The van der Waals surface area contributed by atoms with E-state index < -0.39 is 23.8 Å². The van der Waals surface area contributed by atoms with Gasteiger partial charge in [0, 0.05) is 6.42 Å². The monoisotopic (exact) mass is 377 g/mol. The molecule has 2 rings (SSSR count). The van der Waals surface area contributed by atoms with Gasteiger partial charge in [-0.05, 0) is 32.3 Å². The molecule has 6 nitrogen and oxygen atoms in total. The highest BCUT2D eigenvalue weighted by atomic mass is 16.6. The molecule has 0 aromatic heterocycles. The van der Waals surface area contributed by atoms with E-state index in [-0.39, 0.29) is 24.4 Å². The molecule has 6 heteroatoms. The molecule has 1 fully saturated rings. The van der Waals surface area contributed by atoms with Crippen LogP contribution >= 0.6 is 0 Å². The molecule has 3 atom stereocenters. The van der Waals surface area contributed by atoms with Crippen molar-refractivity contribution < 1.29 is 23.8 Å². The van der Waals surface area contributed by atoms with Crippen LogP contribution in [0.1, 0.15) is 46.6 Å². The smallest absolute Gasteiger partial charge is 0.408 e. The summed E-state index contributed by atoms with van der Waals surface area (Å²) in [6.07, 6.45) is -0.404. The van der Waals surface area contributed by atoms with Gasteiger partial charge in [-0.25, -0.2) is 4.79 Å². The van der Waals surface area contributed by atoms with Crippen LogP contribution in [0, 0.1) is 11.8 Å². The second-order valence-electron chi connectivity index (χ2n) is 8.32. The Morgan fingerprint density at radius 3 is 2.48 bits per heavy atom. The number of carbonyl (C=O) groups excluding carboxylic acids is 2. The minimum Gasteiger partial charge on any atom is -0.460 e. The molecule has 1 N–H and O–H groups in total. The van der Waals surface area contributed by atoms with Gasteiger partial charge in [0.15, 0.2) is 0 Å². The van der Waals surface area contributed by atoms with E-state index in [1.54, 1.807) is 20.8 Å². The van der Waals surface area contributed by atoms with Gasteiger partial charge in [-0.1, -0.05) is 44.2 Å². The second-order valence-corrected chi connectivity index (χ2v) is 8.32. The first kappa shape index (κ1) is 21.2. The highest BCUT2D eigenvalue weighted by Gasteiger charge is 2.41. The van der Waals surface area contributed by atoms with Crippen molar-refractivity contribution in [2.45, 2.75) is 65.4 Å². The Morgan fingerprint density at radius 2 is 1.93 bits per heavy atom. The molecule has 27 heavy (non-hydrogen) atoms. The molecule has 0 aliphatic carbocycles. The number of nitrogens with one attached hydrogen (secondary N) is 1. The van der Waals surface area contributed by atoms with Crippen molar-refractivity contribution in [2.24, 2.45) is 11.8 Å². The summed E-state index contributed by atoms with van der Waals surface area (Å²) in [4.78, 5) is 24.4. The topological polar surface area (TPSA) is 73.9 Å². The average Bonchev–Trinajstić information content (AvgIpc) is 2.95. The van der Waals surface area contributed by atoms with Gasteiger partial charge in [-0.15, -0.1) is 0 Å². The van der Waals surface area contributed by atoms with E-state index >= 15 is 0 Å². The lowest BCUT2D eigenvalue weighted by Crippen LogP contribution is -2.48. The van der Waals surface area contributed by atoms with Crippen LogP contribution < -0.4 is 5.32 Å².